The first kappa shape index (κ1) is 28.6. The lowest BCUT2D eigenvalue weighted by Crippen LogP contribution is -2.58. The van der Waals surface area contributed by atoms with Gasteiger partial charge < -0.3 is 9.84 Å². The van der Waals surface area contributed by atoms with Gasteiger partial charge in [0.05, 0.1) is 6.10 Å². The van der Waals surface area contributed by atoms with Gasteiger partial charge in [-0.15, -0.1) is 0 Å². The van der Waals surface area contributed by atoms with Crippen LogP contribution in [0, 0.1) is 28.1 Å². The monoisotopic (exact) mass is 496 g/mol. The van der Waals surface area contributed by atoms with Crippen molar-refractivity contribution in [1.82, 2.24) is 0 Å². The van der Waals surface area contributed by atoms with E-state index in [4.69, 9.17) is 4.74 Å². The Morgan fingerprint density at radius 3 is 2.33 bits per heavy atom. The summed E-state index contributed by atoms with van der Waals surface area (Å²) in [6, 6.07) is 0. The van der Waals surface area contributed by atoms with Crippen LogP contribution in [0.25, 0.3) is 0 Å². The smallest absolute Gasteiger partial charge is 0.302 e. The fraction of sp³-hybridized carbons (Fsp3) is 0.688. The molecular formula is C32H48O4. The molecule has 3 saturated carbocycles. The Morgan fingerprint density at radius 2 is 1.72 bits per heavy atom. The lowest BCUT2D eigenvalue weighted by Gasteiger charge is -2.62. The number of aliphatic hydroxyl groups is 1. The molecule has 200 valence electrons. The van der Waals surface area contributed by atoms with E-state index in [1.807, 2.05) is 39.0 Å². The largest absolute Gasteiger partial charge is 0.462 e. The van der Waals surface area contributed by atoms with Crippen molar-refractivity contribution < 1.29 is 19.4 Å². The molecule has 4 nitrogen and oxygen atoms in total. The Morgan fingerprint density at radius 1 is 1.06 bits per heavy atom. The van der Waals surface area contributed by atoms with E-state index in [9.17, 15) is 14.7 Å². The molecule has 0 aromatic carbocycles. The van der Waals surface area contributed by atoms with Crippen molar-refractivity contribution in [2.75, 3.05) is 0 Å². The lowest BCUT2D eigenvalue weighted by molar-refractivity contribution is -0.185. The molecule has 0 bridgehead atoms. The molecule has 6 atom stereocenters. The average molecular weight is 497 g/mol. The van der Waals surface area contributed by atoms with Gasteiger partial charge in [-0.25, -0.2) is 0 Å². The van der Waals surface area contributed by atoms with Crippen molar-refractivity contribution in [1.29, 1.82) is 0 Å². The number of carbonyl (C=O) groups is 2. The van der Waals surface area contributed by atoms with E-state index in [-0.39, 0.29) is 34.1 Å². The number of ketones is 1. The summed E-state index contributed by atoms with van der Waals surface area (Å²) in [6.45, 7) is 18.8. The summed E-state index contributed by atoms with van der Waals surface area (Å²) in [7, 11) is 0. The van der Waals surface area contributed by atoms with Crippen molar-refractivity contribution in [2.45, 2.75) is 113 Å². The molecule has 0 aromatic rings. The van der Waals surface area contributed by atoms with Gasteiger partial charge in [-0.05, 0) is 88.2 Å². The number of fused-ring (bicyclic) bond motifs is 3. The molecular weight excluding hydrogens is 448 g/mol. The number of rotatable bonds is 6. The second-order valence-electron chi connectivity index (χ2n) is 13.0. The topological polar surface area (TPSA) is 63.6 Å². The van der Waals surface area contributed by atoms with E-state index in [0.29, 0.717) is 24.7 Å². The standard InChI is InChI=1S/C32H48O4/c1-20(2)13-14-24(34)21(3)11-10-12-22(4)29-25(35)19-27-31(8)18-16-28(36-23(5)33)30(6,7)26(31)15-17-32(27,29)9/h10-13,24,26-28,34H,14-19H2,1-9H3/b12-10+,21-11+,29-22+/t24-,26?,27?,28-,31-,32-/m0/s1. The van der Waals surface area contributed by atoms with Crippen LogP contribution in [0.2, 0.25) is 0 Å². The molecule has 0 aliphatic heterocycles. The fourth-order valence-electron chi connectivity index (χ4n) is 8.04. The molecule has 1 N–H and O–H groups in total. The molecule has 0 heterocycles. The number of hydrogen-bond acceptors (Lipinski definition) is 4. The van der Waals surface area contributed by atoms with E-state index >= 15 is 0 Å². The van der Waals surface area contributed by atoms with Crippen molar-refractivity contribution in [3.8, 4) is 0 Å². The highest BCUT2D eigenvalue weighted by Crippen LogP contribution is 2.69. The van der Waals surface area contributed by atoms with Gasteiger partial charge in [-0.3, -0.25) is 9.59 Å². The van der Waals surface area contributed by atoms with Gasteiger partial charge in [0, 0.05) is 29.7 Å². The molecule has 0 spiro atoms. The highest BCUT2D eigenvalue weighted by molar-refractivity contribution is 6.00. The molecule has 36 heavy (non-hydrogen) atoms. The molecule has 3 fully saturated rings. The van der Waals surface area contributed by atoms with E-state index < -0.39 is 6.10 Å². The van der Waals surface area contributed by atoms with Gasteiger partial charge in [0.1, 0.15) is 6.10 Å². The van der Waals surface area contributed by atoms with Gasteiger partial charge in [-0.2, -0.15) is 0 Å². The highest BCUT2D eigenvalue weighted by atomic mass is 16.5. The minimum absolute atomic E-state index is 0.0417. The summed E-state index contributed by atoms with van der Waals surface area (Å²) in [5.41, 5.74) is 3.96. The quantitative estimate of drug-likeness (QED) is 0.182. The van der Waals surface area contributed by atoms with Crippen molar-refractivity contribution in [3.63, 3.8) is 0 Å². The van der Waals surface area contributed by atoms with Crippen LogP contribution in [0.5, 0.6) is 0 Å². The van der Waals surface area contributed by atoms with E-state index in [1.54, 1.807) is 0 Å². The van der Waals surface area contributed by atoms with Gasteiger partial charge in [0.15, 0.2) is 5.78 Å². The first-order valence-corrected chi connectivity index (χ1v) is 13.7. The van der Waals surface area contributed by atoms with Gasteiger partial charge in [-0.1, -0.05) is 57.6 Å². The Balaban J connectivity index is 1.87. The molecule has 3 aliphatic rings. The van der Waals surface area contributed by atoms with Crippen LogP contribution in [-0.2, 0) is 14.3 Å². The number of hydrogen-bond donors (Lipinski definition) is 1. The molecule has 2 unspecified atom stereocenters. The van der Waals surface area contributed by atoms with Crippen molar-refractivity contribution in [2.24, 2.45) is 28.1 Å². The Kier molecular flexibility index (Phi) is 8.30. The third-order valence-electron chi connectivity index (χ3n) is 9.91. The van der Waals surface area contributed by atoms with Crippen molar-refractivity contribution in [3.05, 3.63) is 46.6 Å². The second kappa shape index (κ2) is 10.4. The zero-order chi connectivity index (χ0) is 27.1. The number of Topliss-reactive ketones (excluding diaryl/α,β-unsaturated/α-hetero) is 1. The van der Waals surface area contributed by atoms with Gasteiger partial charge in [0.25, 0.3) is 0 Å². The molecule has 0 aromatic heterocycles. The average Bonchev–Trinajstić information content (AvgIpc) is 3.05. The minimum atomic E-state index is -0.492. The zero-order valence-corrected chi connectivity index (χ0v) is 24.0. The summed E-state index contributed by atoms with van der Waals surface area (Å²) >= 11 is 0. The number of ether oxygens (including phenoxy) is 1. The van der Waals surface area contributed by atoms with Crippen LogP contribution in [0.1, 0.15) is 101 Å². The van der Waals surface area contributed by atoms with Crippen LogP contribution >= 0.6 is 0 Å². The predicted octanol–water partition coefficient (Wildman–Crippen LogP) is 7.29. The molecule has 3 aliphatic carbocycles. The van der Waals surface area contributed by atoms with Crippen LogP contribution in [0.4, 0.5) is 0 Å². The maximum Gasteiger partial charge on any atom is 0.302 e. The van der Waals surface area contributed by atoms with Crippen LogP contribution < -0.4 is 0 Å². The molecule has 4 heteroatoms. The SMILES string of the molecule is CC(=O)O[C@H]1CC[C@@]2(C)C(CC[C@]3(C)/C(=C(C)/C=C/C=C(\C)[C@@H](O)CC=C(C)C)C(=O)CC23)C1(C)C. The normalized spacial score (nSPS) is 36.2. The first-order chi connectivity index (χ1) is 16.6. The van der Waals surface area contributed by atoms with Crippen LogP contribution in [-0.4, -0.2) is 29.1 Å². The number of aliphatic hydroxyl groups excluding tert-OH is 1. The van der Waals surface area contributed by atoms with Crippen LogP contribution in [0.15, 0.2) is 46.6 Å². The van der Waals surface area contributed by atoms with E-state index in [2.05, 4.69) is 40.7 Å². The molecule has 3 rings (SSSR count). The summed E-state index contributed by atoms with van der Waals surface area (Å²) in [4.78, 5) is 25.3. The fourth-order valence-corrected chi connectivity index (χ4v) is 8.04. The van der Waals surface area contributed by atoms with Crippen LogP contribution in [0.3, 0.4) is 0 Å². The summed E-state index contributed by atoms with van der Waals surface area (Å²) < 4.78 is 5.77. The Labute approximate surface area is 219 Å². The molecule has 0 saturated heterocycles. The van der Waals surface area contributed by atoms with Gasteiger partial charge >= 0.3 is 5.97 Å². The predicted molar refractivity (Wildman–Crippen MR) is 146 cm³/mol. The maximum absolute atomic E-state index is 13.5. The summed E-state index contributed by atoms with van der Waals surface area (Å²) in [5.74, 6) is 0.804. The lowest BCUT2D eigenvalue weighted by atomic mass is 9.43. The summed E-state index contributed by atoms with van der Waals surface area (Å²) in [5, 5.41) is 10.4. The highest BCUT2D eigenvalue weighted by Gasteiger charge is 2.65. The van der Waals surface area contributed by atoms with Gasteiger partial charge in [0.2, 0.25) is 0 Å². The Bertz CT molecular complexity index is 1010. The number of carbonyl (C=O) groups excluding carboxylic acids is 2. The third-order valence-corrected chi connectivity index (χ3v) is 9.91. The second-order valence-corrected chi connectivity index (χ2v) is 13.0. The van der Waals surface area contributed by atoms with E-state index in [0.717, 1.165) is 42.4 Å². The molecule has 0 amide bonds. The Hall–Kier alpha value is -1.94. The zero-order valence-electron chi connectivity index (χ0n) is 24.0. The van der Waals surface area contributed by atoms with E-state index in [1.165, 1.54) is 12.5 Å². The molecule has 0 radical (unpaired) electrons. The first-order valence-electron chi connectivity index (χ1n) is 13.7. The number of allylic oxidation sites excluding steroid dienone is 6. The summed E-state index contributed by atoms with van der Waals surface area (Å²) in [6.07, 6.45) is 12.6. The third kappa shape index (κ3) is 5.21. The number of esters is 1. The minimum Gasteiger partial charge on any atom is -0.462 e. The van der Waals surface area contributed by atoms with Crippen molar-refractivity contribution >= 4 is 11.8 Å². The maximum atomic E-state index is 13.5.